The van der Waals surface area contributed by atoms with Crippen molar-refractivity contribution in [3.8, 4) is 0 Å². The Morgan fingerprint density at radius 3 is 2.33 bits per heavy atom. The Bertz CT molecular complexity index is 994. The molecule has 3 N–H and O–H groups in total. The van der Waals surface area contributed by atoms with Crippen molar-refractivity contribution in [1.82, 2.24) is 0 Å². The first-order valence-corrected chi connectivity index (χ1v) is 15.4. The molecule has 13 atom stereocenters. The summed E-state index contributed by atoms with van der Waals surface area (Å²) in [4.78, 5) is 0. The number of epoxide rings is 1. The van der Waals surface area contributed by atoms with Gasteiger partial charge in [-0.1, -0.05) is 53.2 Å². The second-order valence-corrected chi connectivity index (χ2v) is 14.7. The highest BCUT2D eigenvalue weighted by Crippen LogP contribution is 2.67. The van der Waals surface area contributed by atoms with Gasteiger partial charge in [-0.25, -0.2) is 4.18 Å². The topological polar surface area (TPSA) is 117 Å². The maximum atomic E-state index is 11.6. The van der Waals surface area contributed by atoms with E-state index in [4.69, 9.17) is 8.92 Å². The third-order valence-corrected chi connectivity index (χ3v) is 12.2. The molecule has 0 amide bonds. The van der Waals surface area contributed by atoms with E-state index in [1.165, 1.54) is 12.0 Å². The van der Waals surface area contributed by atoms with Crippen LogP contribution in [0, 0.1) is 52.3 Å². The zero-order valence-electron chi connectivity index (χ0n) is 22.6. The molecule has 4 aliphatic carbocycles. The summed E-state index contributed by atoms with van der Waals surface area (Å²) in [6.45, 7) is 13.9. The van der Waals surface area contributed by atoms with Gasteiger partial charge in [-0.3, -0.25) is 4.55 Å². The van der Waals surface area contributed by atoms with E-state index in [1.54, 1.807) is 0 Å². The third kappa shape index (κ3) is 4.22. The highest BCUT2D eigenvalue weighted by atomic mass is 32.3. The minimum Gasteiger partial charge on any atom is -0.390 e. The minimum absolute atomic E-state index is 0.208. The molecule has 1 aliphatic heterocycles. The van der Waals surface area contributed by atoms with Crippen LogP contribution in [0.15, 0.2) is 11.6 Å². The van der Waals surface area contributed by atoms with Crippen LogP contribution in [0.1, 0.15) is 80.1 Å². The lowest BCUT2D eigenvalue weighted by Crippen LogP contribution is -2.60. The maximum Gasteiger partial charge on any atom is 0.397 e. The van der Waals surface area contributed by atoms with Crippen molar-refractivity contribution in [3.63, 3.8) is 0 Å². The first kappa shape index (κ1) is 27.1. The second kappa shape index (κ2) is 9.02. The Hall–Kier alpha value is -0.510. The standard InChI is InChI=1S/C28H46O7S/c1-14(2)15(3)24-25(34-24)16(4)18-9-10-19-17-7-8-21-26(35-36(31,32)33)23(30)22(29)13-28(21,6)20(17)11-12-27(18,19)5/h7,14-16,18-26,29-30H,8-13H2,1-6H3,(H,31,32,33)/t15-,16-,18+,19?,20?,21?,22+,23-,24-,25-,26-,27+,28+/m0/s1. The lowest BCUT2D eigenvalue weighted by atomic mass is 9.47. The largest absolute Gasteiger partial charge is 0.397 e. The van der Waals surface area contributed by atoms with Crippen LogP contribution in [0.5, 0.6) is 0 Å². The summed E-state index contributed by atoms with van der Waals surface area (Å²) in [7, 11) is -4.75. The molecule has 8 heteroatoms. The quantitative estimate of drug-likeness (QED) is 0.267. The number of ether oxygens (including phenoxy) is 1. The van der Waals surface area contributed by atoms with E-state index in [2.05, 4.69) is 47.6 Å². The monoisotopic (exact) mass is 526 g/mol. The molecule has 0 aromatic carbocycles. The summed E-state index contributed by atoms with van der Waals surface area (Å²) in [6, 6.07) is 0. The van der Waals surface area contributed by atoms with Crippen molar-refractivity contribution in [2.45, 2.75) is 111 Å². The summed E-state index contributed by atoms with van der Waals surface area (Å²) in [5.41, 5.74) is 1.27. The lowest BCUT2D eigenvalue weighted by molar-refractivity contribution is -0.165. The molecular weight excluding hydrogens is 480 g/mol. The number of allylic oxidation sites excluding steroid dienone is 2. The molecule has 36 heavy (non-hydrogen) atoms. The van der Waals surface area contributed by atoms with Gasteiger partial charge in [-0.15, -0.1) is 0 Å². The average molecular weight is 527 g/mol. The first-order valence-electron chi connectivity index (χ1n) is 14.1. The van der Waals surface area contributed by atoms with Gasteiger partial charge in [0, 0.05) is 0 Å². The predicted molar refractivity (Wildman–Crippen MR) is 136 cm³/mol. The van der Waals surface area contributed by atoms with Crippen LogP contribution >= 0.6 is 0 Å². The summed E-state index contributed by atoms with van der Waals surface area (Å²) < 4.78 is 43.8. The molecule has 0 bridgehead atoms. The van der Waals surface area contributed by atoms with Crippen LogP contribution < -0.4 is 0 Å². The molecule has 0 spiro atoms. The third-order valence-electron chi connectivity index (χ3n) is 11.7. The summed E-state index contributed by atoms with van der Waals surface area (Å²) in [5.74, 6) is 2.73. The van der Waals surface area contributed by atoms with Crippen LogP contribution in [0.25, 0.3) is 0 Å². The van der Waals surface area contributed by atoms with Crippen molar-refractivity contribution in [2.75, 3.05) is 0 Å². The molecule has 7 nitrogen and oxygen atoms in total. The van der Waals surface area contributed by atoms with E-state index >= 15 is 0 Å². The van der Waals surface area contributed by atoms with Gasteiger partial charge in [0.2, 0.25) is 0 Å². The molecule has 1 heterocycles. The van der Waals surface area contributed by atoms with Crippen LogP contribution in [0.2, 0.25) is 0 Å². The Morgan fingerprint density at radius 2 is 1.69 bits per heavy atom. The number of fused-ring (bicyclic) bond motifs is 5. The maximum absolute atomic E-state index is 11.6. The molecule has 3 saturated carbocycles. The molecule has 0 aromatic heterocycles. The normalized spacial score (nSPS) is 50.1. The Kier molecular flexibility index (Phi) is 6.78. The van der Waals surface area contributed by atoms with Crippen molar-refractivity contribution < 1.29 is 32.1 Å². The molecule has 5 rings (SSSR count). The van der Waals surface area contributed by atoms with E-state index < -0.39 is 34.1 Å². The van der Waals surface area contributed by atoms with Gasteiger partial charge < -0.3 is 14.9 Å². The van der Waals surface area contributed by atoms with E-state index in [9.17, 15) is 23.2 Å². The van der Waals surface area contributed by atoms with Gasteiger partial charge in [-0.05, 0) is 90.8 Å². The highest BCUT2D eigenvalue weighted by molar-refractivity contribution is 7.80. The van der Waals surface area contributed by atoms with E-state index in [-0.39, 0.29) is 17.3 Å². The molecule has 206 valence electrons. The summed E-state index contributed by atoms with van der Waals surface area (Å²) in [5, 5.41) is 21.3. The van der Waals surface area contributed by atoms with Crippen molar-refractivity contribution in [1.29, 1.82) is 0 Å². The average Bonchev–Trinajstić information content (AvgIpc) is 3.49. The van der Waals surface area contributed by atoms with Crippen LogP contribution in [-0.2, 0) is 19.3 Å². The fraction of sp³-hybridized carbons (Fsp3) is 0.929. The van der Waals surface area contributed by atoms with Gasteiger partial charge >= 0.3 is 10.4 Å². The number of aliphatic hydroxyl groups excluding tert-OH is 2. The van der Waals surface area contributed by atoms with Crippen LogP contribution in [-0.4, -0.2) is 53.7 Å². The first-order chi connectivity index (χ1) is 16.7. The molecule has 4 fully saturated rings. The summed E-state index contributed by atoms with van der Waals surface area (Å²) >= 11 is 0. The number of aliphatic hydroxyl groups is 2. The van der Waals surface area contributed by atoms with Gasteiger partial charge in [0.05, 0.1) is 18.3 Å². The van der Waals surface area contributed by atoms with Gasteiger partial charge in [0.15, 0.2) is 0 Å². The number of hydrogen-bond acceptors (Lipinski definition) is 6. The fourth-order valence-electron chi connectivity index (χ4n) is 9.37. The molecule has 5 aliphatic rings. The zero-order valence-corrected chi connectivity index (χ0v) is 23.4. The zero-order chi connectivity index (χ0) is 26.4. The molecule has 1 saturated heterocycles. The second-order valence-electron chi connectivity index (χ2n) is 13.7. The molecular formula is C28H46O7S. The molecule has 3 unspecified atom stereocenters. The fourth-order valence-corrected chi connectivity index (χ4v) is 9.90. The van der Waals surface area contributed by atoms with Gasteiger partial charge in [0.1, 0.15) is 12.2 Å². The Labute approximate surface area is 217 Å². The van der Waals surface area contributed by atoms with E-state index in [0.717, 1.165) is 19.3 Å². The minimum atomic E-state index is -4.75. The number of hydrogen-bond donors (Lipinski definition) is 3. The molecule has 0 radical (unpaired) electrons. The van der Waals surface area contributed by atoms with E-state index in [0.29, 0.717) is 54.6 Å². The van der Waals surface area contributed by atoms with Crippen molar-refractivity contribution in [3.05, 3.63) is 11.6 Å². The smallest absolute Gasteiger partial charge is 0.390 e. The van der Waals surface area contributed by atoms with Gasteiger partial charge in [-0.2, -0.15) is 8.42 Å². The van der Waals surface area contributed by atoms with Crippen LogP contribution in [0.4, 0.5) is 0 Å². The predicted octanol–water partition coefficient (Wildman–Crippen LogP) is 4.39. The number of rotatable bonds is 6. The van der Waals surface area contributed by atoms with E-state index in [1.807, 2.05) is 0 Å². The van der Waals surface area contributed by atoms with Crippen LogP contribution in [0.3, 0.4) is 0 Å². The Morgan fingerprint density at radius 1 is 1.03 bits per heavy atom. The molecule has 0 aromatic rings. The SMILES string of the molecule is CC(C)[C@H](C)[C@@H]1O[C@H]1[C@@H](C)[C@H]1CCC2C3=CCC4[C@H](OS(=O)(=O)O)[C@@H](O)[C@H](O)C[C@]4(C)C3CC[C@@]21C. The highest BCUT2D eigenvalue weighted by Gasteiger charge is 2.63. The summed E-state index contributed by atoms with van der Waals surface area (Å²) in [6.07, 6.45) is 4.85. The van der Waals surface area contributed by atoms with Crippen molar-refractivity contribution in [2.24, 2.45) is 52.3 Å². The van der Waals surface area contributed by atoms with Gasteiger partial charge in [0.25, 0.3) is 0 Å². The van der Waals surface area contributed by atoms with Crippen molar-refractivity contribution >= 4 is 10.4 Å². The Balaban J connectivity index is 1.39. The lowest BCUT2D eigenvalue weighted by Gasteiger charge is -2.59.